The van der Waals surface area contributed by atoms with Crippen molar-refractivity contribution in [2.45, 2.75) is 57.8 Å². The van der Waals surface area contributed by atoms with Crippen LogP contribution in [0.1, 0.15) is 83.2 Å². The van der Waals surface area contributed by atoms with Gasteiger partial charge in [-0.25, -0.2) is 0 Å². The molecule has 1 unspecified atom stereocenters. The molecule has 0 amide bonds. The summed E-state index contributed by atoms with van der Waals surface area (Å²) < 4.78 is 0. The van der Waals surface area contributed by atoms with Crippen molar-refractivity contribution in [3.05, 3.63) is 147 Å². The van der Waals surface area contributed by atoms with E-state index in [2.05, 4.69) is 117 Å². The van der Waals surface area contributed by atoms with Gasteiger partial charge in [0.05, 0.1) is 5.41 Å². The van der Waals surface area contributed by atoms with Gasteiger partial charge in [-0.05, 0) is 105 Å². The van der Waals surface area contributed by atoms with Crippen LogP contribution in [0, 0.1) is 5.92 Å². The molecule has 3 aliphatic rings. The van der Waals surface area contributed by atoms with Crippen molar-refractivity contribution in [3.8, 4) is 0 Å². The Kier molecular flexibility index (Phi) is 5.73. The lowest BCUT2D eigenvalue weighted by molar-refractivity contribution is 0.650. The van der Waals surface area contributed by atoms with Gasteiger partial charge in [0.2, 0.25) is 0 Å². The van der Waals surface area contributed by atoms with Crippen LogP contribution in [0.4, 0.5) is 0 Å². The summed E-state index contributed by atoms with van der Waals surface area (Å²) in [5.74, 6) is 0.576. The van der Waals surface area contributed by atoms with E-state index >= 15 is 0 Å². The van der Waals surface area contributed by atoms with Crippen LogP contribution in [0.3, 0.4) is 0 Å². The Labute approximate surface area is 227 Å². The maximum absolute atomic E-state index is 2.57. The average molecular weight is 493 g/mol. The Morgan fingerprint density at radius 3 is 2.16 bits per heavy atom. The molecule has 4 aromatic rings. The van der Waals surface area contributed by atoms with E-state index in [0.29, 0.717) is 5.92 Å². The number of rotatable bonds is 6. The standard InChI is InChI=1S/C38H36/c1-3-13-26(2)32-23-22-29-24-27-15-12-20-33(27)37(36(29)32)35-25-28-14-10-11-21-34(28)38(35,30-16-6-4-7-17-30)31-18-8-5-9-19-31/h4-11,14,16-19,21,23-26H,3,12-13,15,20,22H2,1-2H3. The Balaban J connectivity index is 1.59. The third-order valence-electron chi connectivity index (χ3n) is 9.32. The van der Waals surface area contributed by atoms with Crippen LogP contribution in [0.2, 0.25) is 0 Å². The van der Waals surface area contributed by atoms with E-state index in [-0.39, 0.29) is 5.41 Å². The Bertz CT molecular complexity index is 1530. The van der Waals surface area contributed by atoms with Gasteiger partial charge < -0.3 is 0 Å². The molecule has 188 valence electrons. The average Bonchev–Trinajstić information content (AvgIpc) is 3.69. The van der Waals surface area contributed by atoms with Crippen molar-refractivity contribution in [1.29, 1.82) is 0 Å². The molecule has 7 rings (SSSR count). The summed E-state index contributed by atoms with van der Waals surface area (Å²) in [6.07, 6.45) is 12.3. The lowest BCUT2D eigenvalue weighted by Crippen LogP contribution is -2.30. The summed E-state index contributed by atoms with van der Waals surface area (Å²) >= 11 is 0. The molecule has 0 N–H and O–H groups in total. The van der Waals surface area contributed by atoms with Gasteiger partial charge in [0.15, 0.2) is 0 Å². The fourth-order valence-corrected chi connectivity index (χ4v) is 7.75. The van der Waals surface area contributed by atoms with E-state index in [0.717, 1.165) is 6.42 Å². The second kappa shape index (κ2) is 9.28. The number of aryl methyl sites for hydroxylation is 1. The summed E-state index contributed by atoms with van der Waals surface area (Å²) in [5, 5.41) is 0. The van der Waals surface area contributed by atoms with Crippen molar-refractivity contribution in [1.82, 2.24) is 0 Å². The lowest BCUT2D eigenvalue weighted by atomic mass is 9.64. The largest absolute Gasteiger partial charge is 0.0760 e. The first-order valence-electron chi connectivity index (χ1n) is 14.5. The van der Waals surface area contributed by atoms with Crippen LogP contribution in [0.15, 0.2) is 97.1 Å². The molecule has 0 saturated heterocycles. The van der Waals surface area contributed by atoms with Gasteiger partial charge in [-0.15, -0.1) is 0 Å². The van der Waals surface area contributed by atoms with Crippen LogP contribution in [0.5, 0.6) is 0 Å². The SMILES string of the molecule is CCCC(C)C1=CCc2cc3c(c(C4=Cc5ccccc5C4(c4ccccc4)c4ccccc4)c21)CCC3. The highest BCUT2D eigenvalue weighted by Crippen LogP contribution is 2.58. The van der Waals surface area contributed by atoms with E-state index in [9.17, 15) is 0 Å². The summed E-state index contributed by atoms with van der Waals surface area (Å²) in [7, 11) is 0. The smallest absolute Gasteiger partial charge is 0.0713 e. The highest BCUT2D eigenvalue weighted by atomic mass is 14.5. The fourth-order valence-electron chi connectivity index (χ4n) is 7.75. The molecule has 0 spiro atoms. The number of benzene rings is 4. The highest BCUT2D eigenvalue weighted by Gasteiger charge is 2.47. The van der Waals surface area contributed by atoms with Gasteiger partial charge in [-0.3, -0.25) is 0 Å². The summed E-state index contributed by atoms with van der Waals surface area (Å²) in [6, 6.07) is 34.3. The summed E-state index contributed by atoms with van der Waals surface area (Å²) in [6.45, 7) is 4.77. The zero-order valence-electron chi connectivity index (χ0n) is 22.6. The Morgan fingerprint density at radius 1 is 0.763 bits per heavy atom. The zero-order chi connectivity index (χ0) is 25.7. The highest BCUT2D eigenvalue weighted by molar-refractivity contribution is 6.04. The molecule has 0 aliphatic heterocycles. The van der Waals surface area contributed by atoms with Crippen molar-refractivity contribution in [2.24, 2.45) is 5.92 Å². The monoisotopic (exact) mass is 492 g/mol. The van der Waals surface area contributed by atoms with Crippen LogP contribution < -0.4 is 0 Å². The molecule has 1 atom stereocenters. The second-order valence-electron chi connectivity index (χ2n) is 11.5. The van der Waals surface area contributed by atoms with Gasteiger partial charge >= 0.3 is 0 Å². The first kappa shape index (κ1) is 23.5. The molecule has 0 fully saturated rings. The Morgan fingerprint density at radius 2 is 1.45 bits per heavy atom. The quantitative estimate of drug-likeness (QED) is 0.251. The van der Waals surface area contributed by atoms with Crippen molar-refractivity contribution in [2.75, 3.05) is 0 Å². The van der Waals surface area contributed by atoms with Crippen molar-refractivity contribution >= 4 is 17.2 Å². The third kappa shape index (κ3) is 3.36. The molecule has 4 aromatic carbocycles. The normalized spacial score (nSPS) is 17.4. The van der Waals surface area contributed by atoms with Gasteiger partial charge in [-0.1, -0.05) is 117 Å². The van der Waals surface area contributed by atoms with Crippen molar-refractivity contribution < 1.29 is 0 Å². The predicted molar refractivity (Wildman–Crippen MR) is 161 cm³/mol. The van der Waals surface area contributed by atoms with Gasteiger partial charge in [0, 0.05) is 0 Å². The minimum atomic E-state index is -0.341. The van der Waals surface area contributed by atoms with E-state index in [1.165, 1.54) is 59.9 Å². The lowest BCUT2D eigenvalue weighted by Gasteiger charge is -2.38. The van der Waals surface area contributed by atoms with E-state index in [4.69, 9.17) is 0 Å². The minimum absolute atomic E-state index is 0.341. The van der Waals surface area contributed by atoms with E-state index in [1.807, 2.05) is 0 Å². The number of hydrogen-bond donors (Lipinski definition) is 0. The molecule has 0 nitrogen and oxygen atoms in total. The van der Waals surface area contributed by atoms with Crippen LogP contribution in [0.25, 0.3) is 17.2 Å². The second-order valence-corrected chi connectivity index (χ2v) is 11.5. The molecule has 0 saturated carbocycles. The van der Waals surface area contributed by atoms with Crippen LogP contribution in [-0.4, -0.2) is 0 Å². The maximum atomic E-state index is 2.57. The predicted octanol–water partition coefficient (Wildman–Crippen LogP) is 9.44. The zero-order valence-corrected chi connectivity index (χ0v) is 22.6. The first-order chi connectivity index (χ1) is 18.7. The van der Waals surface area contributed by atoms with E-state index < -0.39 is 0 Å². The maximum Gasteiger partial charge on any atom is 0.0713 e. The van der Waals surface area contributed by atoms with E-state index in [1.54, 1.807) is 33.4 Å². The molecule has 0 radical (unpaired) electrons. The topological polar surface area (TPSA) is 0 Å². The molecule has 3 aliphatic carbocycles. The minimum Gasteiger partial charge on any atom is -0.0760 e. The number of fused-ring (bicyclic) bond motifs is 3. The molecule has 0 heterocycles. The molecular weight excluding hydrogens is 456 g/mol. The number of allylic oxidation sites excluding steroid dienone is 3. The third-order valence-corrected chi connectivity index (χ3v) is 9.32. The summed E-state index contributed by atoms with van der Waals surface area (Å²) in [4.78, 5) is 0. The fraction of sp³-hybridized carbons (Fsp3) is 0.263. The Hall–Kier alpha value is -3.64. The van der Waals surface area contributed by atoms with Crippen LogP contribution in [-0.2, 0) is 24.7 Å². The molecule has 0 heteroatoms. The van der Waals surface area contributed by atoms with Crippen LogP contribution >= 0.6 is 0 Å². The molecular formula is C38H36. The van der Waals surface area contributed by atoms with Gasteiger partial charge in [-0.2, -0.15) is 0 Å². The molecule has 0 aromatic heterocycles. The van der Waals surface area contributed by atoms with Gasteiger partial charge in [0.1, 0.15) is 0 Å². The molecule has 38 heavy (non-hydrogen) atoms. The van der Waals surface area contributed by atoms with Crippen molar-refractivity contribution in [3.63, 3.8) is 0 Å². The van der Waals surface area contributed by atoms with Gasteiger partial charge in [0.25, 0.3) is 0 Å². The first-order valence-corrected chi connectivity index (χ1v) is 14.5. The summed E-state index contributed by atoms with van der Waals surface area (Å²) in [5.41, 5.74) is 16.0. The number of hydrogen-bond acceptors (Lipinski definition) is 0. The molecule has 0 bridgehead atoms.